The first-order valence-corrected chi connectivity index (χ1v) is 7.67. The molecule has 1 unspecified atom stereocenters. The second kappa shape index (κ2) is 6.16. The van der Waals surface area contributed by atoms with Gasteiger partial charge in [-0.05, 0) is 13.0 Å². The van der Waals surface area contributed by atoms with Gasteiger partial charge in [-0.1, -0.05) is 6.92 Å². The van der Waals surface area contributed by atoms with Crippen LogP contribution < -0.4 is 5.32 Å². The number of nitrogens with zero attached hydrogens (tertiary/aromatic N) is 2. The number of hydrogen-bond donors (Lipinski definition) is 1. The zero-order valence-electron chi connectivity index (χ0n) is 10.7. The van der Waals surface area contributed by atoms with Gasteiger partial charge in [0, 0.05) is 43.7 Å². The van der Waals surface area contributed by atoms with Crippen LogP contribution in [0.25, 0.3) is 0 Å². The fourth-order valence-corrected chi connectivity index (χ4v) is 2.77. The van der Waals surface area contributed by atoms with Crippen LogP contribution >= 0.6 is 0 Å². The standard InChI is InChI=1S/C11H21N3O2S/c1-4-17(15,16)9-10(2)12-7-5-11-6-8-13-14(11)3/h6,8,10,12H,4-5,7,9H2,1-3H3. The molecule has 1 heterocycles. The van der Waals surface area contributed by atoms with Crippen molar-refractivity contribution in [1.82, 2.24) is 15.1 Å². The molecule has 17 heavy (non-hydrogen) atoms. The van der Waals surface area contributed by atoms with Crippen LogP contribution in [0.3, 0.4) is 0 Å². The zero-order valence-corrected chi connectivity index (χ0v) is 11.5. The molecule has 98 valence electrons. The van der Waals surface area contributed by atoms with Crippen molar-refractivity contribution < 1.29 is 8.42 Å². The Bertz CT molecular complexity index is 439. The third-order valence-electron chi connectivity index (χ3n) is 2.74. The average Bonchev–Trinajstić information content (AvgIpc) is 2.64. The van der Waals surface area contributed by atoms with Gasteiger partial charge < -0.3 is 5.32 Å². The number of rotatable bonds is 7. The summed E-state index contributed by atoms with van der Waals surface area (Å²) in [7, 11) is -0.988. The number of aromatic nitrogens is 2. The minimum absolute atomic E-state index is 0.00632. The SMILES string of the molecule is CCS(=O)(=O)CC(C)NCCc1ccnn1C. The van der Waals surface area contributed by atoms with E-state index in [1.807, 2.05) is 24.7 Å². The molecule has 0 bridgehead atoms. The van der Waals surface area contributed by atoms with E-state index >= 15 is 0 Å². The molecule has 1 rings (SSSR count). The van der Waals surface area contributed by atoms with Gasteiger partial charge in [-0.3, -0.25) is 4.68 Å². The monoisotopic (exact) mass is 259 g/mol. The fraction of sp³-hybridized carbons (Fsp3) is 0.727. The molecule has 5 nitrogen and oxygen atoms in total. The maximum absolute atomic E-state index is 11.4. The van der Waals surface area contributed by atoms with Crippen molar-refractivity contribution in [2.75, 3.05) is 18.1 Å². The van der Waals surface area contributed by atoms with E-state index in [4.69, 9.17) is 0 Å². The van der Waals surface area contributed by atoms with Crippen LogP contribution in [0.4, 0.5) is 0 Å². The van der Waals surface area contributed by atoms with Crippen molar-refractivity contribution in [3.8, 4) is 0 Å². The van der Waals surface area contributed by atoms with Crippen molar-refractivity contribution in [2.24, 2.45) is 7.05 Å². The van der Waals surface area contributed by atoms with Gasteiger partial charge in [0.25, 0.3) is 0 Å². The van der Waals surface area contributed by atoms with E-state index in [1.54, 1.807) is 13.1 Å². The van der Waals surface area contributed by atoms with Gasteiger partial charge in [0.05, 0.1) is 5.75 Å². The first kappa shape index (κ1) is 14.2. The van der Waals surface area contributed by atoms with Gasteiger partial charge in [0.1, 0.15) is 0 Å². The van der Waals surface area contributed by atoms with E-state index in [1.165, 1.54) is 0 Å². The van der Waals surface area contributed by atoms with E-state index in [0.29, 0.717) is 0 Å². The second-order valence-corrected chi connectivity index (χ2v) is 6.65. The largest absolute Gasteiger partial charge is 0.313 e. The van der Waals surface area contributed by atoms with Crippen LogP contribution in [0.1, 0.15) is 19.5 Å². The minimum Gasteiger partial charge on any atom is -0.313 e. The Kier molecular flexibility index (Phi) is 5.14. The highest BCUT2D eigenvalue weighted by Crippen LogP contribution is 1.98. The Morgan fingerprint density at radius 2 is 2.24 bits per heavy atom. The molecule has 0 fully saturated rings. The van der Waals surface area contributed by atoms with Crippen molar-refractivity contribution in [1.29, 1.82) is 0 Å². The molecule has 0 aliphatic rings. The lowest BCUT2D eigenvalue weighted by molar-refractivity contribution is 0.553. The molecular weight excluding hydrogens is 238 g/mol. The van der Waals surface area contributed by atoms with Crippen LogP contribution in [-0.2, 0) is 23.3 Å². The molecule has 0 aliphatic carbocycles. The van der Waals surface area contributed by atoms with Crippen molar-refractivity contribution in [3.05, 3.63) is 18.0 Å². The summed E-state index contributed by atoms with van der Waals surface area (Å²) in [4.78, 5) is 0. The minimum atomic E-state index is -2.89. The van der Waals surface area contributed by atoms with Gasteiger partial charge in [-0.2, -0.15) is 5.10 Å². The molecule has 0 spiro atoms. The normalized spacial score (nSPS) is 13.8. The molecule has 1 aromatic heterocycles. The van der Waals surface area contributed by atoms with Gasteiger partial charge in [-0.25, -0.2) is 8.42 Å². The second-order valence-electron chi connectivity index (χ2n) is 4.25. The molecule has 1 N–H and O–H groups in total. The van der Waals surface area contributed by atoms with Gasteiger partial charge >= 0.3 is 0 Å². The van der Waals surface area contributed by atoms with Crippen LogP contribution in [0.15, 0.2) is 12.3 Å². The van der Waals surface area contributed by atoms with Crippen molar-refractivity contribution in [3.63, 3.8) is 0 Å². The summed E-state index contributed by atoms with van der Waals surface area (Å²) in [5.74, 6) is 0.412. The molecule has 0 saturated carbocycles. The highest BCUT2D eigenvalue weighted by atomic mass is 32.2. The molecular formula is C11H21N3O2S. The predicted octanol–water partition coefficient (Wildman–Crippen LogP) is 0.375. The molecule has 0 amide bonds. The summed E-state index contributed by atoms with van der Waals surface area (Å²) in [6, 6.07) is 1.96. The zero-order chi connectivity index (χ0) is 12.9. The van der Waals surface area contributed by atoms with E-state index in [-0.39, 0.29) is 17.5 Å². The Hall–Kier alpha value is -0.880. The molecule has 6 heteroatoms. The summed E-state index contributed by atoms with van der Waals surface area (Å²) >= 11 is 0. The van der Waals surface area contributed by atoms with E-state index in [2.05, 4.69) is 10.4 Å². The Balaban J connectivity index is 2.30. The fourth-order valence-electron chi connectivity index (χ4n) is 1.65. The smallest absolute Gasteiger partial charge is 0.151 e. The molecule has 0 saturated heterocycles. The lowest BCUT2D eigenvalue weighted by Crippen LogP contribution is -2.35. The summed E-state index contributed by atoms with van der Waals surface area (Å²) in [5, 5.41) is 7.30. The topological polar surface area (TPSA) is 64.0 Å². The molecule has 1 aromatic rings. The average molecular weight is 259 g/mol. The molecule has 0 aromatic carbocycles. The third kappa shape index (κ3) is 4.87. The number of aryl methyl sites for hydroxylation is 1. The Morgan fingerprint density at radius 1 is 1.53 bits per heavy atom. The summed E-state index contributed by atoms with van der Waals surface area (Å²) in [6.07, 6.45) is 2.62. The highest BCUT2D eigenvalue weighted by Gasteiger charge is 2.12. The Morgan fingerprint density at radius 3 is 2.76 bits per heavy atom. The number of hydrogen-bond acceptors (Lipinski definition) is 4. The molecule has 1 atom stereocenters. The van der Waals surface area contributed by atoms with Gasteiger partial charge in [0.15, 0.2) is 9.84 Å². The number of nitrogens with one attached hydrogen (secondary N) is 1. The van der Waals surface area contributed by atoms with Crippen LogP contribution in [0.2, 0.25) is 0 Å². The maximum Gasteiger partial charge on any atom is 0.151 e. The quantitative estimate of drug-likeness (QED) is 0.768. The highest BCUT2D eigenvalue weighted by molar-refractivity contribution is 7.91. The summed E-state index contributed by atoms with van der Waals surface area (Å²) < 4.78 is 24.6. The summed E-state index contributed by atoms with van der Waals surface area (Å²) in [6.45, 7) is 4.34. The van der Waals surface area contributed by atoms with Crippen LogP contribution in [0, 0.1) is 0 Å². The lowest BCUT2D eigenvalue weighted by Gasteiger charge is -2.13. The van der Waals surface area contributed by atoms with E-state index in [9.17, 15) is 8.42 Å². The first-order chi connectivity index (χ1) is 7.94. The first-order valence-electron chi connectivity index (χ1n) is 5.85. The maximum atomic E-state index is 11.4. The lowest BCUT2D eigenvalue weighted by atomic mass is 10.3. The third-order valence-corrected chi connectivity index (χ3v) is 4.63. The van der Waals surface area contributed by atoms with Crippen LogP contribution in [-0.4, -0.2) is 42.3 Å². The summed E-state index contributed by atoms with van der Waals surface area (Å²) in [5.41, 5.74) is 1.14. The van der Waals surface area contributed by atoms with Crippen molar-refractivity contribution >= 4 is 9.84 Å². The van der Waals surface area contributed by atoms with Crippen molar-refractivity contribution in [2.45, 2.75) is 26.3 Å². The van der Waals surface area contributed by atoms with Gasteiger partial charge in [0.2, 0.25) is 0 Å². The molecule has 0 radical (unpaired) electrons. The number of sulfone groups is 1. The van der Waals surface area contributed by atoms with E-state index < -0.39 is 9.84 Å². The van der Waals surface area contributed by atoms with Gasteiger partial charge in [-0.15, -0.1) is 0 Å². The molecule has 0 aliphatic heterocycles. The van der Waals surface area contributed by atoms with Crippen LogP contribution in [0.5, 0.6) is 0 Å². The Labute approximate surface area is 103 Å². The predicted molar refractivity (Wildman–Crippen MR) is 68.7 cm³/mol. The van der Waals surface area contributed by atoms with E-state index in [0.717, 1.165) is 18.7 Å².